The maximum Gasteiger partial charge on any atom is 0.138 e. The van der Waals surface area contributed by atoms with E-state index in [-0.39, 0.29) is 0 Å². The number of anilines is 1. The summed E-state index contributed by atoms with van der Waals surface area (Å²) in [5, 5.41) is 0.606. The predicted octanol–water partition coefficient (Wildman–Crippen LogP) is 4.27. The number of rotatable bonds is 2. The van der Waals surface area contributed by atoms with Gasteiger partial charge in [0.2, 0.25) is 0 Å². The average Bonchev–Trinajstić information content (AvgIpc) is 2.25. The highest BCUT2D eigenvalue weighted by Crippen LogP contribution is 2.37. The second-order valence-electron chi connectivity index (χ2n) is 5.67. The molecule has 1 aliphatic carbocycles. The first-order valence-corrected chi connectivity index (χ1v) is 6.56. The second kappa shape index (κ2) is 4.77. The highest BCUT2D eigenvalue weighted by molar-refractivity contribution is 6.32. The van der Waals surface area contributed by atoms with E-state index in [1.165, 1.54) is 12.8 Å². The molecule has 1 saturated carbocycles. The Morgan fingerprint density at radius 1 is 1.29 bits per heavy atom. The SMILES string of the molecule is CC1(C)CCC(Oc2ccc(N)cc2Cl)CC1. The number of nitrogen functional groups attached to an aromatic ring is 1. The zero-order valence-corrected chi connectivity index (χ0v) is 11.3. The monoisotopic (exact) mass is 253 g/mol. The third-order valence-electron chi connectivity index (χ3n) is 3.54. The van der Waals surface area contributed by atoms with Crippen LogP contribution in [0.15, 0.2) is 18.2 Å². The molecule has 0 heterocycles. The Kier molecular flexibility index (Phi) is 3.53. The molecule has 17 heavy (non-hydrogen) atoms. The van der Waals surface area contributed by atoms with Crippen LogP contribution in [0.4, 0.5) is 5.69 Å². The predicted molar refractivity (Wildman–Crippen MR) is 72.5 cm³/mol. The van der Waals surface area contributed by atoms with Gasteiger partial charge in [0.05, 0.1) is 11.1 Å². The summed E-state index contributed by atoms with van der Waals surface area (Å²) in [4.78, 5) is 0. The fourth-order valence-corrected chi connectivity index (χ4v) is 2.52. The zero-order chi connectivity index (χ0) is 12.5. The van der Waals surface area contributed by atoms with Gasteiger partial charge in [-0.15, -0.1) is 0 Å². The van der Waals surface area contributed by atoms with E-state index in [0.29, 0.717) is 22.2 Å². The fraction of sp³-hybridized carbons (Fsp3) is 0.571. The molecular formula is C14H20ClNO. The normalized spacial score (nSPS) is 20.2. The lowest BCUT2D eigenvalue weighted by Crippen LogP contribution is -2.28. The Morgan fingerprint density at radius 2 is 1.94 bits per heavy atom. The second-order valence-corrected chi connectivity index (χ2v) is 6.08. The third kappa shape index (κ3) is 3.29. The van der Waals surface area contributed by atoms with Gasteiger partial charge in [-0.25, -0.2) is 0 Å². The van der Waals surface area contributed by atoms with Crippen LogP contribution < -0.4 is 10.5 Å². The molecule has 0 atom stereocenters. The van der Waals surface area contributed by atoms with Gasteiger partial charge in [-0.1, -0.05) is 25.4 Å². The zero-order valence-electron chi connectivity index (χ0n) is 10.5. The first kappa shape index (κ1) is 12.6. The average molecular weight is 254 g/mol. The molecule has 0 unspecified atom stereocenters. The number of nitrogens with two attached hydrogens (primary N) is 1. The Labute approximate surface area is 108 Å². The topological polar surface area (TPSA) is 35.2 Å². The molecule has 0 aromatic heterocycles. The van der Waals surface area contributed by atoms with Crippen LogP contribution in [0, 0.1) is 5.41 Å². The summed E-state index contributed by atoms with van der Waals surface area (Å²) >= 11 is 6.10. The van der Waals surface area contributed by atoms with Crippen molar-refractivity contribution >= 4 is 17.3 Å². The number of halogens is 1. The molecule has 0 spiro atoms. The van der Waals surface area contributed by atoms with Gasteiger partial charge >= 0.3 is 0 Å². The third-order valence-corrected chi connectivity index (χ3v) is 3.83. The summed E-state index contributed by atoms with van der Waals surface area (Å²) < 4.78 is 5.95. The molecular weight excluding hydrogens is 234 g/mol. The minimum absolute atomic E-state index is 0.296. The van der Waals surface area contributed by atoms with Crippen LogP contribution in [0.1, 0.15) is 39.5 Å². The smallest absolute Gasteiger partial charge is 0.138 e. The first-order chi connectivity index (χ1) is 7.96. The van der Waals surface area contributed by atoms with Crippen molar-refractivity contribution in [1.29, 1.82) is 0 Å². The van der Waals surface area contributed by atoms with Gasteiger partial charge in [-0.3, -0.25) is 0 Å². The van der Waals surface area contributed by atoms with Gasteiger partial charge in [0.1, 0.15) is 5.75 Å². The van der Waals surface area contributed by atoms with E-state index in [1.54, 1.807) is 6.07 Å². The van der Waals surface area contributed by atoms with Crippen molar-refractivity contribution < 1.29 is 4.74 Å². The molecule has 0 radical (unpaired) electrons. The molecule has 3 heteroatoms. The standard InChI is InChI=1S/C14H20ClNO/c1-14(2)7-5-11(6-8-14)17-13-4-3-10(16)9-12(13)15/h3-4,9,11H,5-8,16H2,1-2H3. The molecule has 1 aromatic carbocycles. The summed E-state index contributed by atoms with van der Waals surface area (Å²) in [5.41, 5.74) is 6.79. The van der Waals surface area contributed by atoms with Gasteiger partial charge in [0, 0.05) is 5.69 Å². The summed E-state index contributed by atoms with van der Waals surface area (Å²) in [5.74, 6) is 0.755. The van der Waals surface area contributed by atoms with Crippen LogP contribution in [0.25, 0.3) is 0 Å². The van der Waals surface area contributed by atoms with Crippen LogP contribution >= 0.6 is 11.6 Å². The van der Waals surface area contributed by atoms with E-state index in [9.17, 15) is 0 Å². The van der Waals surface area contributed by atoms with Gasteiger partial charge in [-0.2, -0.15) is 0 Å². The molecule has 1 aromatic rings. The highest BCUT2D eigenvalue weighted by atomic mass is 35.5. The van der Waals surface area contributed by atoms with E-state index in [2.05, 4.69) is 13.8 Å². The number of ether oxygens (including phenoxy) is 1. The minimum atomic E-state index is 0.296. The van der Waals surface area contributed by atoms with Crippen LogP contribution in [0.2, 0.25) is 5.02 Å². The summed E-state index contributed by atoms with van der Waals surface area (Å²) in [6.07, 6.45) is 4.93. The van der Waals surface area contributed by atoms with Crippen molar-refractivity contribution in [3.63, 3.8) is 0 Å². The molecule has 2 N–H and O–H groups in total. The molecule has 94 valence electrons. The molecule has 2 nitrogen and oxygen atoms in total. The van der Waals surface area contributed by atoms with Gasteiger partial charge < -0.3 is 10.5 Å². The lowest BCUT2D eigenvalue weighted by molar-refractivity contribution is 0.0988. The first-order valence-electron chi connectivity index (χ1n) is 6.18. The Morgan fingerprint density at radius 3 is 2.53 bits per heavy atom. The lowest BCUT2D eigenvalue weighted by Gasteiger charge is -2.34. The highest BCUT2D eigenvalue weighted by Gasteiger charge is 2.28. The Bertz CT molecular complexity index is 393. The van der Waals surface area contributed by atoms with Gasteiger partial charge in [0.15, 0.2) is 0 Å². The molecule has 2 rings (SSSR count). The number of hydrogen-bond acceptors (Lipinski definition) is 2. The van der Waals surface area contributed by atoms with Crippen LogP contribution in [-0.4, -0.2) is 6.10 Å². The molecule has 1 aliphatic rings. The summed E-state index contributed by atoms with van der Waals surface area (Å²) in [7, 11) is 0. The van der Waals surface area contributed by atoms with E-state index in [4.69, 9.17) is 22.1 Å². The van der Waals surface area contributed by atoms with Crippen molar-refractivity contribution in [1.82, 2.24) is 0 Å². The summed E-state index contributed by atoms with van der Waals surface area (Å²) in [6.45, 7) is 4.64. The number of hydrogen-bond donors (Lipinski definition) is 1. The van der Waals surface area contributed by atoms with Gasteiger partial charge in [-0.05, 0) is 49.3 Å². The molecule has 1 fully saturated rings. The van der Waals surface area contributed by atoms with Crippen LogP contribution in [0.3, 0.4) is 0 Å². The number of benzene rings is 1. The van der Waals surface area contributed by atoms with E-state index in [0.717, 1.165) is 18.6 Å². The van der Waals surface area contributed by atoms with E-state index >= 15 is 0 Å². The molecule has 0 amide bonds. The maximum atomic E-state index is 6.10. The molecule has 0 bridgehead atoms. The Balaban J connectivity index is 1.98. The van der Waals surface area contributed by atoms with E-state index < -0.39 is 0 Å². The van der Waals surface area contributed by atoms with Crippen molar-refractivity contribution in [3.05, 3.63) is 23.2 Å². The largest absolute Gasteiger partial charge is 0.489 e. The van der Waals surface area contributed by atoms with Gasteiger partial charge in [0.25, 0.3) is 0 Å². The van der Waals surface area contributed by atoms with Crippen LogP contribution in [-0.2, 0) is 0 Å². The quantitative estimate of drug-likeness (QED) is 0.799. The molecule has 0 saturated heterocycles. The fourth-order valence-electron chi connectivity index (χ4n) is 2.28. The van der Waals surface area contributed by atoms with E-state index in [1.807, 2.05) is 12.1 Å². The summed E-state index contributed by atoms with van der Waals surface area (Å²) in [6, 6.07) is 5.43. The van der Waals surface area contributed by atoms with Crippen LogP contribution in [0.5, 0.6) is 5.75 Å². The van der Waals surface area contributed by atoms with Crippen molar-refractivity contribution in [2.24, 2.45) is 5.41 Å². The lowest BCUT2D eigenvalue weighted by atomic mass is 9.76. The van der Waals surface area contributed by atoms with Crippen molar-refractivity contribution in [2.75, 3.05) is 5.73 Å². The minimum Gasteiger partial charge on any atom is -0.489 e. The molecule has 0 aliphatic heterocycles. The Hall–Kier alpha value is -0.890. The maximum absolute atomic E-state index is 6.10. The van der Waals surface area contributed by atoms with Crippen molar-refractivity contribution in [3.8, 4) is 5.75 Å². The van der Waals surface area contributed by atoms with Crippen molar-refractivity contribution in [2.45, 2.75) is 45.6 Å².